The van der Waals surface area contributed by atoms with Gasteiger partial charge in [-0.2, -0.15) is 5.26 Å². The summed E-state index contributed by atoms with van der Waals surface area (Å²) in [6.07, 6.45) is 0.183. The van der Waals surface area contributed by atoms with Crippen LogP contribution in [-0.2, 0) is 0 Å². The maximum Gasteiger partial charge on any atom is 0.123 e. The second-order valence-electron chi connectivity index (χ2n) is 2.63. The molecule has 0 radical (unpaired) electrons. The van der Waals surface area contributed by atoms with E-state index in [-0.39, 0.29) is 12.2 Å². The first-order chi connectivity index (χ1) is 6.15. The van der Waals surface area contributed by atoms with Crippen LogP contribution in [0.4, 0.5) is 4.39 Å². The fraction of sp³-hybridized carbons (Fsp3) is 0.222. The third-order valence-electron chi connectivity index (χ3n) is 1.67. The van der Waals surface area contributed by atoms with Crippen molar-refractivity contribution < 1.29 is 4.39 Å². The second kappa shape index (κ2) is 4.35. The molecule has 0 aliphatic heterocycles. The second-order valence-corrected chi connectivity index (χ2v) is 3.49. The molecule has 2 N–H and O–H groups in total. The average Bonchev–Trinajstić information content (AvgIpc) is 2.09. The van der Waals surface area contributed by atoms with Gasteiger partial charge in [-0.3, -0.25) is 0 Å². The van der Waals surface area contributed by atoms with Gasteiger partial charge in [-0.1, -0.05) is 15.9 Å². The summed E-state index contributed by atoms with van der Waals surface area (Å²) in [6.45, 7) is 0. The highest BCUT2D eigenvalue weighted by Gasteiger charge is 2.09. The van der Waals surface area contributed by atoms with E-state index in [9.17, 15) is 4.39 Å². The van der Waals surface area contributed by atoms with Gasteiger partial charge in [0.2, 0.25) is 0 Å². The summed E-state index contributed by atoms with van der Waals surface area (Å²) in [6, 6.07) is 5.77. The highest BCUT2D eigenvalue weighted by molar-refractivity contribution is 9.10. The number of nitriles is 1. The van der Waals surface area contributed by atoms with Crippen LogP contribution < -0.4 is 5.73 Å². The molecule has 0 amide bonds. The molecule has 1 rings (SSSR count). The van der Waals surface area contributed by atoms with Crippen molar-refractivity contribution in [1.29, 1.82) is 5.26 Å². The lowest BCUT2D eigenvalue weighted by atomic mass is 10.1. The van der Waals surface area contributed by atoms with Crippen molar-refractivity contribution in [2.45, 2.75) is 12.5 Å². The Morgan fingerprint density at radius 3 is 2.92 bits per heavy atom. The summed E-state index contributed by atoms with van der Waals surface area (Å²) in [5, 5.41) is 8.42. The van der Waals surface area contributed by atoms with Crippen molar-refractivity contribution in [3.63, 3.8) is 0 Å². The summed E-state index contributed by atoms with van der Waals surface area (Å²) in [7, 11) is 0. The molecular weight excluding hydrogens is 235 g/mol. The predicted octanol–water partition coefficient (Wildman–Crippen LogP) is 2.50. The SMILES string of the molecule is N#CCC(N)c1cc(F)ccc1Br. The van der Waals surface area contributed by atoms with Crippen LogP contribution in [-0.4, -0.2) is 0 Å². The van der Waals surface area contributed by atoms with Crippen LogP contribution in [0.2, 0.25) is 0 Å². The first-order valence-corrected chi connectivity index (χ1v) is 4.52. The largest absolute Gasteiger partial charge is 0.323 e. The van der Waals surface area contributed by atoms with Gasteiger partial charge in [0.05, 0.1) is 12.5 Å². The maximum atomic E-state index is 12.8. The van der Waals surface area contributed by atoms with E-state index in [1.165, 1.54) is 12.1 Å². The van der Waals surface area contributed by atoms with Gasteiger partial charge in [-0.15, -0.1) is 0 Å². The Morgan fingerprint density at radius 2 is 2.31 bits per heavy atom. The third-order valence-corrected chi connectivity index (χ3v) is 2.39. The Morgan fingerprint density at radius 1 is 1.62 bits per heavy atom. The number of nitrogens with zero attached hydrogens (tertiary/aromatic N) is 1. The van der Waals surface area contributed by atoms with Crippen LogP contribution in [0.15, 0.2) is 22.7 Å². The van der Waals surface area contributed by atoms with Gasteiger partial charge in [0.25, 0.3) is 0 Å². The van der Waals surface area contributed by atoms with Crippen molar-refractivity contribution in [2.75, 3.05) is 0 Å². The zero-order valence-electron chi connectivity index (χ0n) is 6.80. The molecule has 13 heavy (non-hydrogen) atoms. The summed E-state index contributed by atoms with van der Waals surface area (Å²) in [4.78, 5) is 0. The van der Waals surface area contributed by atoms with Crippen LogP contribution in [0, 0.1) is 17.1 Å². The Labute approximate surface area is 84.3 Å². The maximum absolute atomic E-state index is 12.8. The van der Waals surface area contributed by atoms with E-state index in [1.807, 2.05) is 6.07 Å². The van der Waals surface area contributed by atoms with Crippen molar-refractivity contribution >= 4 is 15.9 Å². The van der Waals surface area contributed by atoms with Gasteiger partial charge in [0, 0.05) is 10.5 Å². The van der Waals surface area contributed by atoms with Gasteiger partial charge in [-0.25, -0.2) is 4.39 Å². The third kappa shape index (κ3) is 2.51. The van der Waals surface area contributed by atoms with Gasteiger partial charge < -0.3 is 5.73 Å². The van der Waals surface area contributed by atoms with Crippen LogP contribution in [0.1, 0.15) is 18.0 Å². The topological polar surface area (TPSA) is 49.8 Å². The van der Waals surface area contributed by atoms with Crippen LogP contribution in [0.3, 0.4) is 0 Å². The van der Waals surface area contributed by atoms with Gasteiger partial charge >= 0.3 is 0 Å². The van der Waals surface area contributed by atoms with Crippen molar-refractivity contribution in [3.8, 4) is 6.07 Å². The first kappa shape index (κ1) is 10.2. The molecule has 0 aliphatic carbocycles. The number of hydrogen-bond donors (Lipinski definition) is 1. The molecule has 0 bridgehead atoms. The van der Waals surface area contributed by atoms with Crippen LogP contribution in [0.25, 0.3) is 0 Å². The molecule has 0 heterocycles. The molecule has 1 atom stereocenters. The normalized spacial score (nSPS) is 12.2. The van der Waals surface area contributed by atoms with Gasteiger partial charge in [-0.05, 0) is 23.8 Å². The summed E-state index contributed by atoms with van der Waals surface area (Å²) in [5.74, 6) is -0.341. The Hall–Kier alpha value is -0.920. The minimum absolute atomic E-state index is 0.183. The highest BCUT2D eigenvalue weighted by atomic mass is 79.9. The number of hydrogen-bond acceptors (Lipinski definition) is 2. The quantitative estimate of drug-likeness (QED) is 0.867. The van der Waals surface area contributed by atoms with Crippen molar-refractivity contribution in [2.24, 2.45) is 5.73 Å². The zero-order valence-corrected chi connectivity index (χ0v) is 8.38. The van der Waals surface area contributed by atoms with E-state index >= 15 is 0 Å². The van der Waals surface area contributed by atoms with Gasteiger partial charge in [0.1, 0.15) is 5.82 Å². The molecule has 1 unspecified atom stereocenters. The zero-order chi connectivity index (χ0) is 9.84. The molecule has 0 fully saturated rings. The fourth-order valence-corrected chi connectivity index (χ4v) is 1.55. The molecule has 1 aromatic rings. The number of halogens is 2. The molecular formula is C9H8BrFN2. The molecule has 0 aliphatic rings. The molecule has 0 saturated carbocycles. The van der Waals surface area contributed by atoms with E-state index in [4.69, 9.17) is 11.0 Å². The minimum Gasteiger partial charge on any atom is -0.323 e. The van der Waals surface area contributed by atoms with Crippen molar-refractivity contribution in [1.82, 2.24) is 0 Å². The Bertz CT molecular complexity index is 346. The molecule has 1 aromatic carbocycles. The predicted molar refractivity (Wildman–Crippen MR) is 51.3 cm³/mol. The molecule has 0 aromatic heterocycles. The van der Waals surface area contributed by atoms with Crippen LogP contribution in [0.5, 0.6) is 0 Å². The van der Waals surface area contributed by atoms with E-state index in [1.54, 1.807) is 6.07 Å². The van der Waals surface area contributed by atoms with Gasteiger partial charge in [0.15, 0.2) is 0 Å². The molecule has 2 nitrogen and oxygen atoms in total. The lowest BCUT2D eigenvalue weighted by Crippen LogP contribution is -2.10. The molecule has 0 spiro atoms. The fourth-order valence-electron chi connectivity index (χ4n) is 1.01. The lowest BCUT2D eigenvalue weighted by Gasteiger charge is -2.09. The van der Waals surface area contributed by atoms with E-state index in [2.05, 4.69) is 15.9 Å². The summed E-state index contributed by atoms with van der Waals surface area (Å²) < 4.78 is 13.5. The molecule has 0 saturated heterocycles. The molecule has 4 heteroatoms. The number of benzene rings is 1. The standard InChI is InChI=1S/C9H8BrFN2/c10-8-2-1-6(11)5-7(8)9(13)3-4-12/h1-2,5,9H,3,13H2. The Kier molecular flexibility index (Phi) is 3.40. The van der Waals surface area contributed by atoms with E-state index in [0.717, 1.165) is 4.47 Å². The molecule has 68 valence electrons. The van der Waals surface area contributed by atoms with E-state index < -0.39 is 6.04 Å². The minimum atomic E-state index is -0.435. The summed E-state index contributed by atoms with van der Waals surface area (Å²) in [5.41, 5.74) is 6.28. The Balaban J connectivity index is 3.00. The summed E-state index contributed by atoms with van der Waals surface area (Å²) >= 11 is 3.24. The van der Waals surface area contributed by atoms with Crippen LogP contribution >= 0.6 is 15.9 Å². The highest BCUT2D eigenvalue weighted by Crippen LogP contribution is 2.24. The average molecular weight is 243 g/mol. The van der Waals surface area contributed by atoms with Crippen molar-refractivity contribution in [3.05, 3.63) is 34.1 Å². The first-order valence-electron chi connectivity index (χ1n) is 3.72. The monoisotopic (exact) mass is 242 g/mol. The lowest BCUT2D eigenvalue weighted by molar-refractivity contribution is 0.619. The number of rotatable bonds is 2. The van der Waals surface area contributed by atoms with E-state index in [0.29, 0.717) is 5.56 Å². The smallest absolute Gasteiger partial charge is 0.123 e. The number of nitrogens with two attached hydrogens (primary N) is 1.